The Labute approximate surface area is 195 Å². The lowest BCUT2D eigenvalue weighted by Crippen LogP contribution is -2.60. The molecule has 5 rings (SSSR count). The Morgan fingerprint density at radius 2 is 1.75 bits per heavy atom. The lowest BCUT2D eigenvalue weighted by atomic mass is 10.1. The first-order chi connectivity index (χ1) is 16.7. The van der Waals surface area contributed by atoms with E-state index in [0.29, 0.717) is 10.8 Å². The van der Waals surface area contributed by atoms with Crippen molar-refractivity contribution in [1.82, 2.24) is 19.0 Å². The quantitative estimate of drug-likeness (QED) is 0.539. The molecule has 0 radical (unpaired) electrons. The Morgan fingerprint density at radius 3 is 2.36 bits per heavy atom. The molecular weight excluding hydrogens is 503 g/mol. The minimum atomic E-state index is -6.69. The maximum atomic E-state index is 14.1. The van der Waals surface area contributed by atoms with Crippen molar-refractivity contribution in [2.24, 2.45) is 0 Å². The number of halogens is 7. The molecule has 1 amide bonds. The molecule has 2 aromatic heterocycles. The third kappa shape index (κ3) is 2.83. The van der Waals surface area contributed by atoms with E-state index in [1.165, 1.54) is 12.1 Å². The van der Waals surface area contributed by atoms with Gasteiger partial charge in [-0.15, -0.1) is 0 Å². The van der Waals surface area contributed by atoms with Crippen molar-refractivity contribution < 1.29 is 40.6 Å². The minimum Gasteiger partial charge on any atom is -0.493 e. The van der Waals surface area contributed by atoms with Gasteiger partial charge in [0.25, 0.3) is 0 Å². The van der Waals surface area contributed by atoms with Gasteiger partial charge in [0, 0.05) is 17.3 Å². The van der Waals surface area contributed by atoms with Crippen LogP contribution in [-0.2, 0) is 4.79 Å². The van der Waals surface area contributed by atoms with Crippen LogP contribution in [0, 0.1) is 11.3 Å². The van der Waals surface area contributed by atoms with Crippen LogP contribution in [0.4, 0.5) is 30.7 Å². The summed E-state index contributed by atoms with van der Waals surface area (Å²) in [5.74, 6) is -16.4. The Hall–Kier alpha value is -4.09. The predicted octanol–water partition coefficient (Wildman–Crippen LogP) is 3.43. The third-order valence-electron chi connectivity index (χ3n) is 6.46. The maximum Gasteiger partial charge on any atom is 0.460 e. The Morgan fingerprint density at radius 1 is 1.11 bits per heavy atom. The van der Waals surface area contributed by atoms with Crippen molar-refractivity contribution in [1.29, 1.82) is 5.26 Å². The molecule has 0 aliphatic carbocycles. The number of hydrogen-bond donors (Lipinski definition) is 1. The maximum absolute atomic E-state index is 14.1. The van der Waals surface area contributed by atoms with E-state index in [4.69, 9.17) is 0 Å². The average Bonchev–Trinajstić information content (AvgIpc) is 3.48. The minimum absolute atomic E-state index is 0.000195. The Bertz CT molecular complexity index is 1540. The number of hydrogen-bond acceptors (Lipinski definition) is 5. The second-order valence-electron chi connectivity index (χ2n) is 8.36. The molecule has 15 heteroatoms. The molecule has 2 bridgehead atoms. The number of carbonyl (C=O) groups is 1. The van der Waals surface area contributed by atoms with Gasteiger partial charge in [-0.05, 0) is 6.42 Å². The van der Waals surface area contributed by atoms with E-state index in [0.717, 1.165) is 15.3 Å². The Balaban J connectivity index is 1.61. The number of aromatic nitrogens is 3. The summed E-state index contributed by atoms with van der Waals surface area (Å²) in [5.41, 5.74) is -1.24. The van der Waals surface area contributed by atoms with E-state index in [1.54, 1.807) is 12.1 Å². The van der Waals surface area contributed by atoms with Gasteiger partial charge in [-0.25, -0.2) is 14.3 Å². The van der Waals surface area contributed by atoms with Crippen LogP contribution < -0.4 is 5.69 Å². The highest BCUT2D eigenvalue weighted by molar-refractivity contribution is 5.93. The monoisotopic (exact) mass is 515 g/mol. The van der Waals surface area contributed by atoms with Crippen molar-refractivity contribution in [2.45, 2.75) is 36.5 Å². The van der Waals surface area contributed by atoms with Gasteiger partial charge in [0.2, 0.25) is 5.88 Å². The summed E-state index contributed by atoms with van der Waals surface area (Å²) in [7, 11) is 0. The number of nitrogens with zero attached hydrogens (tertiary/aromatic N) is 5. The number of aromatic hydroxyl groups is 1. The standard InChI is InChI=1S/C21H12F7N5O3/c22-19(23,20(24,25)21(26,27)28)17(35)31-8-9-5-13(31)15-16(34)33(18(36)32(9)15)14-7-30-12(6-29)10-3-1-2-4-11(10)14/h1-4,7,9,13,34H,5,8H2/t9-,13?/m1/s1. The largest absolute Gasteiger partial charge is 0.493 e. The van der Waals surface area contributed by atoms with Gasteiger partial charge in [0.05, 0.1) is 24.0 Å². The van der Waals surface area contributed by atoms with Gasteiger partial charge >= 0.3 is 29.6 Å². The molecule has 1 aromatic carbocycles. The molecule has 1 saturated heterocycles. The Kier molecular flexibility index (Phi) is 4.74. The lowest BCUT2D eigenvalue weighted by molar-refractivity contribution is -0.346. The van der Waals surface area contributed by atoms with Crippen molar-refractivity contribution >= 4 is 16.7 Å². The van der Waals surface area contributed by atoms with Crippen LogP contribution in [0.1, 0.15) is 29.9 Å². The SMILES string of the molecule is N#Cc1ncc(-n2c(O)c3n(c2=O)[C@@H]2CC3N(C(=O)C(F)(F)C(F)(F)C(F)(F)F)C2)c2ccccc12. The van der Waals surface area contributed by atoms with E-state index in [-0.39, 0.29) is 28.4 Å². The zero-order valence-corrected chi connectivity index (χ0v) is 17.6. The number of rotatable bonds is 3. The first kappa shape index (κ1) is 23.6. The molecule has 188 valence electrons. The summed E-state index contributed by atoms with van der Waals surface area (Å²) in [5, 5.41) is 20.8. The summed E-state index contributed by atoms with van der Waals surface area (Å²) >= 11 is 0. The smallest absolute Gasteiger partial charge is 0.460 e. The van der Waals surface area contributed by atoms with Crippen LogP contribution in [0.25, 0.3) is 16.5 Å². The van der Waals surface area contributed by atoms with Gasteiger partial charge in [-0.2, -0.15) is 36.0 Å². The molecule has 2 atom stereocenters. The van der Waals surface area contributed by atoms with Crippen molar-refractivity contribution in [3.05, 3.63) is 52.3 Å². The zero-order chi connectivity index (χ0) is 26.4. The number of alkyl halides is 7. The first-order valence-corrected chi connectivity index (χ1v) is 10.2. The fourth-order valence-corrected chi connectivity index (χ4v) is 4.83. The van der Waals surface area contributed by atoms with E-state index < -0.39 is 54.1 Å². The third-order valence-corrected chi connectivity index (χ3v) is 6.46. The molecule has 0 saturated carbocycles. The summed E-state index contributed by atoms with van der Waals surface area (Å²) in [6, 6.07) is 5.49. The van der Waals surface area contributed by atoms with E-state index in [2.05, 4.69) is 4.98 Å². The number of fused-ring (bicyclic) bond motifs is 6. The number of benzene rings is 1. The molecule has 1 N–H and O–H groups in total. The van der Waals surface area contributed by atoms with E-state index in [9.17, 15) is 50.7 Å². The molecular formula is C21H12F7N5O3. The van der Waals surface area contributed by atoms with Crippen LogP contribution in [-0.4, -0.2) is 54.6 Å². The lowest BCUT2D eigenvalue weighted by Gasteiger charge is -2.34. The zero-order valence-electron chi connectivity index (χ0n) is 17.6. The first-order valence-electron chi connectivity index (χ1n) is 10.2. The van der Waals surface area contributed by atoms with Gasteiger partial charge in [-0.3, -0.25) is 9.36 Å². The normalized spacial score (nSPS) is 19.6. The molecule has 8 nitrogen and oxygen atoms in total. The van der Waals surface area contributed by atoms with Crippen molar-refractivity contribution in [3.8, 4) is 17.6 Å². The number of carbonyl (C=O) groups excluding carboxylic acids is 1. The highest BCUT2D eigenvalue weighted by Gasteiger charge is 2.77. The van der Waals surface area contributed by atoms with Gasteiger partial charge in [0.15, 0.2) is 0 Å². The van der Waals surface area contributed by atoms with Crippen LogP contribution in [0.2, 0.25) is 0 Å². The second kappa shape index (κ2) is 7.21. The predicted molar refractivity (Wildman–Crippen MR) is 106 cm³/mol. The average molecular weight is 515 g/mol. The number of amides is 1. The van der Waals surface area contributed by atoms with Gasteiger partial charge < -0.3 is 10.0 Å². The highest BCUT2D eigenvalue weighted by Crippen LogP contribution is 2.53. The number of imidazole rings is 1. The summed E-state index contributed by atoms with van der Waals surface area (Å²) in [4.78, 5) is 29.5. The van der Waals surface area contributed by atoms with Crippen LogP contribution in [0.3, 0.4) is 0 Å². The van der Waals surface area contributed by atoms with Gasteiger partial charge in [0.1, 0.15) is 17.5 Å². The van der Waals surface area contributed by atoms with E-state index >= 15 is 0 Å². The van der Waals surface area contributed by atoms with Crippen LogP contribution in [0.5, 0.6) is 5.88 Å². The number of likely N-dealkylation sites (tertiary alicyclic amines) is 1. The molecule has 3 aromatic rings. The molecule has 1 fully saturated rings. The molecule has 1 unspecified atom stereocenters. The summed E-state index contributed by atoms with van der Waals surface area (Å²) in [6.45, 7) is -0.740. The molecule has 2 aliphatic rings. The van der Waals surface area contributed by atoms with Crippen molar-refractivity contribution in [2.75, 3.05) is 6.54 Å². The summed E-state index contributed by atoms with van der Waals surface area (Å²) in [6.07, 6.45) is -5.83. The molecule has 4 heterocycles. The second-order valence-corrected chi connectivity index (χ2v) is 8.36. The van der Waals surface area contributed by atoms with Crippen LogP contribution in [0.15, 0.2) is 35.3 Å². The van der Waals surface area contributed by atoms with Gasteiger partial charge in [-0.1, -0.05) is 24.3 Å². The number of pyridine rings is 1. The fraction of sp³-hybridized carbons (Fsp3) is 0.333. The highest BCUT2D eigenvalue weighted by atomic mass is 19.4. The summed E-state index contributed by atoms with van der Waals surface area (Å²) < 4.78 is 94.6. The fourth-order valence-electron chi connectivity index (χ4n) is 4.83. The molecule has 36 heavy (non-hydrogen) atoms. The topological polar surface area (TPSA) is 104 Å². The number of nitriles is 1. The molecule has 0 spiro atoms. The van der Waals surface area contributed by atoms with Crippen LogP contribution >= 0.6 is 0 Å². The van der Waals surface area contributed by atoms with Crippen molar-refractivity contribution in [3.63, 3.8) is 0 Å². The van der Waals surface area contributed by atoms with E-state index in [1.807, 2.05) is 6.07 Å². The molecule has 2 aliphatic heterocycles.